The van der Waals surface area contributed by atoms with Gasteiger partial charge in [-0.25, -0.2) is 4.98 Å². The Morgan fingerprint density at radius 3 is 2.81 bits per heavy atom. The lowest BCUT2D eigenvalue weighted by atomic mass is 10.0. The highest BCUT2D eigenvalue weighted by Gasteiger charge is 2.20. The van der Waals surface area contributed by atoms with Crippen molar-refractivity contribution in [2.45, 2.75) is 51.1 Å². The molecule has 3 heteroatoms. The van der Waals surface area contributed by atoms with E-state index in [0.29, 0.717) is 6.04 Å². The number of aryl methyl sites for hydroxylation is 1. The van der Waals surface area contributed by atoms with E-state index in [4.69, 9.17) is 5.73 Å². The Morgan fingerprint density at radius 2 is 2.06 bits per heavy atom. The number of nitrogens with zero attached hydrogens (tertiary/aromatic N) is 1. The van der Waals surface area contributed by atoms with Gasteiger partial charge in [0.05, 0.1) is 0 Å². The summed E-state index contributed by atoms with van der Waals surface area (Å²) in [4.78, 5) is 4.37. The molecule has 0 radical (unpaired) electrons. The molecule has 1 aliphatic carbocycles. The summed E-state index contributed by atoms with van der Waals surface area (Å²) in [6.07, 6.45) is 8.04. The highest BCUT2D eigenvalue weighted by Crippen LogP contribution is 2.19. The summed E-state index contributed by atoms with van der Waals surface area (Å²) < 4.78 is 0. The molecule has 1 heterocycles. The van der Waals surface area contributed by atoms with Crippen molar-refractivity contribution in [3.05, 3.63) is 23.9 Å². The third kappa shape index (κ3) is 2.95. The fourth-order valence-corrected chi connectivity index (χ4v) is 2.26. The third-order valence-electron chi connectivity index (χ3n) is 3.31. The van der Waals surface area contributed by atoms with E-state index in [1.165, 1.54) is 24.8 Å². The largest absolute Gasteiger partial charge is 0.366 e. The first kappa shape index (κ1) is 11.4. The lowest BCUT2D eigenvalue weighted by molar-refractivity contribution is 0.527. The Labute approximate surface area is 97.5 Å². The van der Waals surface area contributed by atoms with E-state index in [2.05, 4.69) is 16.4 Å². The molecule has 0 aliphatic heterocycles. The number of rotatable bonds is 2. The first-order valence-electron chi connectivity index (χ1n) is 6.20. The molecule has 1 fully saturated rings. The molecule has 16 heavy (non-hydrogen) atoms. The lowest BCUT2D eigenvalue weighted by Gasteiger charge is -2.23. The van der Waals surface area contributed by atoms with Gasteiger partial charge in [0.1, 0.15) is 5.82 Å². The molecular weight excluding hydrogens is 198 g/mol. The standard InChI is InChI=1S/C13H21N3/c1-10-7-8-13(15-9-10)16-12-6-4-2-3-5-11(12)14/h7-9,11-12H,2-6,14H2,1H3,(H,15,16). The molecule has 3 nitrogen and oxygen atoms in total. The molecule has 88 valence electrons. The monoisotopic (exact) mass is 219 g/mol. The molecule has 1 saturated carbocycles. The van der Waals surface area contributed by atoms with Crippen molar-refractivity contribution in [1.29, 1.82) is 0 Å². The normalized spacial score (nSPS) is 26.1. The quantitative estimate of drug-likeness (QED) is 0.751. The van der Waals surface area contributed by atoms with Crippen LogP contribution in [0.1, 0.15) is 37.7 Å². The molecular formula is C13H21N3. The van der Waals surface area contributed by atoms with Crippen LogP contribution in [0.2, 0.25) is 0 Å². The van der Waals surface area contributed by atoms with Crippen LogP contribution < -0.4 is 11.1 Å². The van der Waals surface area contributed by atoms with Gasteiger partial charge in [0, 0.05) is 18.3 Å². The van der Waals surface area contributed by atoms with Gasteiger partial charge in [-0.15, -0.1) is 0 Å². The Morgan fingerprint density at radius 1 is 1.25 bits per heavy atom. The van der Waals surface area contributed by atoms with E-state index in [-0.39, 0.29) is 6.04 Å². The Kier molecular flexibility index (Phi) is 3.78. The van der Waals surface area contributed by atoms with E-state index >= 15 is 0 Å². The summed E-state index contributed by atoms with van der Waals surface area (Å²) in [6.45, 7) is 2.05. The summed E-state index contributed by atoms with van der Waals surface area (Å²) in [6, 6.07) is 4.77. The first-order valence-corrected chi connectivity index (χ1v) is 6.20. The van der Waals surface area contributed by atoms with Crippen molar-refractivity contribution in [2.24, 2.45) is 5.73 Å². The van der Waals surface area contributed by atoms with Gasteiger partial charge in [0.15, 0.2) is 0 Å². The maximum atomic E-state index is 6.17. The van der Waals surface area contributed by atoms with Crippen molar-refractivity contribution in [3.8, 4) is 0 Å². The van der Waals surface area contributed by atoms with Crippen LogP contribution in [0.4, 0.5) is 5.82 Å². The van der Waals surface area contributed by atoms with E-state index in [1.54, 1.807) is 0 Å². The molecule has 2 atom stereocenters. The fraction of sp³-hybridized carbons (Fsp3) is 0.615. The Bertz CT molecular complexity index is 320. The van der Waals surface area contributed by atoms with E-state index < -0.39 is 0 Å². The van der Waals surface area contributed by atoms with Crippen LogP contribution in [0.3, 0.4) is 0 Å². The Balaban J connectivity index is 1.99. The summed E-state index contributed by atoms with van der Waals surface area (Å²) in [7, 11) is 0. The molecule has 1 aliphatic rings. The molecule has 0 saturated heterocycles. The zero-order valence-corrected chi connectivity index (χ0v) is 9.95. The van der Waals surface area contributed by atoms with Crippen LogP contribution >= 0.6 is 0 Å². The Hall–Kier alpha value is -1.09. The van der Waals surface area contributed by atoms with E-state index in [1.807, 2.05) is 19.2 Å². The topological polar surface area (TPSA) is 50.9 Å². The van der Waals surface area contributed by atoms with Crippen LogP contribution in [0.15, 0.2) is 18.3 Å². The number of hydrogen-bond acceptors (Lipinski definition) is 3. The van der Waals surface area contributed by atoms with Crippen molar-refractivity contribution in [2.75, 3.05) is 5.32 Å². The van der Waals surface area contributed by atoms with Gasteiger partial charge >= 0.3 is 0 Å². The number of nitrogens with two attached hydrogens (primary N) is 1. The van der Waals surface area contributed by atoms with Gasteiger partial charge < -0.3 is 11.1 Å². The van der Waals surface area contributed by atoms with Crippen molar-refractivity contribution in [3.63, 3.8) is 0 Å². The second kappa shape index (κ2) is 5.30. The minimum atomic E-state index is 0.269. The smallest absolute Gasteiger partial charge is 0.126 e. The van der Waals surface area contributed by atoms with Crippen LogP contribution in [-0.2, 0) is 0 Å². The maximum absolute atomic E-state index is 6.17. The molecule has 0 aromatic carbocycles. The average molecular weight is 219 g/mol. The van der Waals surface area contributed by atoms with Gasteiger partial charge in [0.2, 0.25) is 0 Å². The van der Waals surface area contributed by atoms with Crippen LogP contribution in [0.5, 0.6) is 0 Å². The van der Waals surface area contributed by atoms with Crippen LogP contribution in [0, 0.1) is 6.92 Å². The third-order valence-corrected chi connectivity index (χ3v) is 3.31. The van der Waals surface area contributed by atoms with E-state index in [0.717, 1.165) is 18.7 Å². The minimum absolute atomic E-state index is 0.269. The molecule has 0 bridgehead atoms. The van der Waals surface area contributed by atoms with Crippen molar-refractivity contribution in [1.82, 2.24) is 4.98 Å². The average Bonchev–Trinajstić information content (AvgIpc) is 2.48. The summed E-state index contributed by atoms with van der Waals surface area (Å²) >= 11 is 0. The minimum Gasteiger partial charge on any atom is -0.366 e. The summed E-state index contributed by atoms with van der Waals surface area (Å²) in [5.41, 5.74) is 7.36. The SMILES string of the molecule is Cc1ccc(NC2CCCCCC2N)nc1. The fourth-order valence-electron chi connectivity index (χ4n) is 2.26. The van der Waals surface area contributed by atoms with Crippen LogP contribution in [0.25, 0.3) is 0 Å². The lowest BCUT2D eigenvalue weighted by Crippen LogP contribution is -2.39. The van der Waals surface area contributed by atoms with Crippen molar-refractivity contribution < 1.29 is 0 Å². The van der Waals surface area contributed by atoms with Gasteiger partial charge in [-0.2, -0.15) is 0 Å². The number of anilines is 1. The summed E-state index contributed by atoms with van der Waals surface area (Å²) in [5.74, 6) is 0.952. The predicted octanol–water partition coefficient (Wildman–Crippen LogP) is 2.46. The summed E-state index contributed by atoms with van der Waals surface area (Å²) in [5, 5.41) is 3.46. The molecule has 3 N–H and O–H groups in total. The van der Waals surface area contributed by atoms with Crippen LogP contribution in [-0.4, -0.2) is 17.1 Å². The van der Waals surface area contributed by atoms with E-state index in [9.17, 15) is 0 Å². The van der Waals surface area contributed by atoms with Gasteiger partial charge in [0.25, 0.3) is 0 Å². The molecule has 0 spiro atoms. The molecule has 2 rings (SSSR count). The zero-order valence-electron chi connectivity index (χ0n) is 9.95. The number of hydrogen-bond donors (Lipinski definition) is 2. The second-order valence-electron chi connectivity index (χ2n) is 4.77. The highest BCUT2D eigenvalue weighted by molar-refractivity contribution is 5.36. The van der Waals surface area contributed by atoms with Gasteiger partial charge in [-0.05, 0) is 31.4 Å². The number of pyridine rings is 1. The maximum Gasteiger partial charge on any atom is 0.126 e. The van der Waals surface area contributed by atoms with Gasteiger partial charge in [-0.3, -0.25) is 0 Å². The molecule has 1 aromatic heterocycles. The van der Waals surface area contributed by atoms with Gasteiger partial charge in [-0.1, -0.05) is 25.3 Å². The second-order valence-corrected chi connectivity index (χ2v) is 4.77. The van der Waals surface area contributed by atoms with Crippen molar-refractivity contribution >= 4 is 5.82 Å². The molecule has 1 aromatic rings. The highest BCUT2D eigenvalue weighted by atomic mass is 15.0. The number of nitrogens with one attached hydrogen (secondary N) is 1. The number of aromatic nitrogens is 1. The molecule has 0 amide bonds. The zero-order chi connectivity index (χ0) is 11.4. The first-order chi connectivity index (χ1) is 7.75. The predicted molar refractivity (Wildman–Crippen MR) is 67.4 cm³/mol. The molecule has 2 unspecified atom stereocenters.